The fourth-order valence-corrected chi connectivity index (χ4v) is 2.31. The van der Waals surface area contributed by atoms with E-state index in [-0.39, 0.29) is 6.04 Å². The molecule has 8 heteroatoms. The maximum Gasteiger partial charge on any atom is 0.179 e. The third-order valence-electron chi connectivity index (χ3n) is 3.00. The number of benzene rings is 1. The number of ether oxygens (including phenoxy) is 2. The van der Waals surface area contributed by atoms with Crippen LogP contribution in [0.5, 0.6) is 11.5 Å². The van der Waals surface area contributed by atoms with Crippen LogP contribution in [0.3, 0.4) is 0 Å². The van der Waals surface area contributed by atoms with Gasteiger partial charge >= 0.3 is 0 Å². The van der Waals surface area contributed by atoms with E-state index in [2.05, 4.69) is 15.7 Å². The Morgan fingerprint density at radius 2 is 2.10 bits per heavy atom. The average Bonchev–Trinajstić information content (AvgIpc) is 2.85. The molecule has 1 aromatic heterocycles. The zero-order chi connectivity index (χ0) is 14.7. The molecule has 1 aromatic carbocycles. The minimum atomic E-state index is -0.313. The largest absolute Gasteiger partial charge is 0.493 e. The number of nitrogens with two attached hydrogens (primary N) is 1. The van der Waals surface area contributed by atoms with Crippen LogP contribution in [0.15, 0.2) is 18.3 Å². The first-order chi connectivity index (χ1) is 9.62. The predicted octanol–water partition coefficient (Wildman–Crippen LogP) is 1.04. The summed E-state index contributed by atoms with van der Waals surface area (Å²) < 4.78 is 12.1. The molecule has 2 rings (SSSR count). The minimum absolute atomic E-state index is 0.313. The Bertz CT molecular complexity index is 602. The fourth-order valence-electron chi connectivity index (χ4n) is 2.02. The van der Waals surface area contributed by atoms with Gasteiger partial charge in [-0.25, -0.2) is 5.43 Å². The van der Waals surface area contributed by atoms with Crippen molar-refractivity contribution < 1.29 is 9.47 Å². The van der Waals surface area contributed by atoms with E-state index < -0.39 is 0 Å². The highest BCUT2D eigenvalue weighted by Gasteiger charge is 2.20. The first kappa shape index (κ1) is 14.6. The van der Waals surface area contributed by atoms with Gasteiger partial charge in [-0.3, -0.25) is 10.5 Å². The molecule has 0 saturated heterocycles. The number of rotatable bonds is 5. The van der Waals surface area contributed by atoms with E-state index in [0.717, 1.165) is 11.3 Å². The van der Waals surface area contributed by atoms with Crippen LogP contribution < -0.4 is 20.7 Å². The van der Waals surface area contributed by atoms with Gasteiger partial charge in [0.05, 0.1) is 37.2 Å². The molecule has 0 fully saturated rings. The van der Waals surface area contributed by atoms with Crippen molar-refractivity contribution in [2.75, 3.05) is 14.2 Å². The maximum absolute atomic E-state index is 6.20. The lowest BCUT2D eigenvalue weighted by Crippen LogP contribution is -2.30. The molecule has 1 atom stereocenters. The van der Waals surface area contributed by atoms with Crippen LogP contribution in [-0.2, 0) is 7.05 Å². The van der Waals surface area contributed by atoms with Crippen LogP contribution in [0.4, 0.5) is 0 Å². The Balaban J connectivity index is 2.51. The summed E-state index contributed by atoms with van der Waals surface area (Å²) in [5, 5.41) is 8.18. The fraction of sp³-hybridized carbons (Fsp3) is 0.333. The highest BCUT2D eigenvalue weighted by molar-refractivity contribution is 6.32. The van der Waals surface area contributed by atoms with Crippen molar-refractivity contribution in [3.05, 3.63) is 34.6 Å². The minimum Gasteiger partial charge on any atom is -0.493 e. The number of hydrazine groups is 1. The number of hydrogen-bond donors (Lipinski definition) is 2. The first-order valence-corrected chi connectivity index (χ1v) is 6.22. The lowest BCUT2D eigenvalue weighted by molar-refractivity contribution is 0.354. The smallest absolute Gasteiger partial charge is 0.179 e. The SMILES string of the molecule is COc1cc(C(NN)c2cnnn2C)cc(Cl)c1OC. The van der Waals surface area contributed by atoms with Crippen molar-refractivity contribution in [1.82, 2.24) is 20.4 Å². The molecule has 0 saturated carbocycles. The summed E-state index contributed by atoms with van der Waals surface area (Å²) in [5.74, 6) is 6.66. The summed E-state index contributed by atoms with van der Waals surface area (Å²) in [5.41, 5.74) is 4.34. The molecule has 3 N–H and O–H groups in total. The molecule has 1 unspecified atom stereocenters. The van der Waals surface area contributed by atoms with E-state index in [9.17, 15) is 0 Å². The number of methoxy groups -OCH3 is 2. The molecule has 0 aliphatic carbocycles. The average molecular weight is 298 g/mol. The summed E-state index contributed by atoms with van der Waals surface area (Å²) in [6.07, 6.45) is 1.63. The Hall–Kier alpha value is -1.83. The molecule has 7 nitrogen and oxygen atoms in total. The molecular formula is C12H16ClN5O2. The van der Waals surface area contributed by atoms with Gasteiger partial charge in [-0.2, -0.15) is 0 Å². The van der Waals surface area contributed by atoms with E-state index in [1.165, 1.54) is 7.11 Å². The van der Waals surface area contributed by atoms with Gasteiger partial charge in [0, 0.05) is 7.05 Å². The zero-order valence-corrected chi connectivity index (χ0v) is 12.2. The normalized spacial score (nSPS) is 12.2. The topological polar surface area (TPSA) is 87.2 Å². The van der Waals surface area contributed by atoms with Crippen LogP contribution in [0.25, 0.3) is 0 Å². The molecule has 20 heavy (non-hydrogen) atoms. The Morgan fingerprint density at radius 3 is 2.60 bits per heavy atom. The number of halogens is 1. The van der Waals surface area contributed by atoms with Gasteiger partial charge in [0.1, 0.15) is 0 Å². The summed E-state index contributed by atoms with van der Waals surface area (Å²) in [6.45, 7) is 0. The lowest BCUT2D eigenvalue weighted by atomic mass is 10.0. The molecule has 0 bridgehead atoms. The van der Waals surface area contributed by atoms with E-state index in [4.69, 9.17) is 26.9 Å². The summed E-state index contributed by atoms with van der Waals surface area (Å²) in [4.78, 5) is 0. The molecule has 1 heterocycles. The molecule has 0 aliphatic rings. The van der Waals surface area contributed by atoms with E-state index in [1.807, 2.05) is 6.07 Å². The van der Waals surface area contributed by atoms with Gasteiger partial charge in [0.25, 0.3) is 0 Å². The molecule has 0 amide bonds. The number of aromatic nitrogens is 3. The third-order valence-corrected chi connectivity index (χ3v) is 3.28. The zero-order valence-electron chi connectivity index (χ0n) is 11.4. The van der Waals surface area contributed by atoms with Crippen LogP contribution >= 0.6 is 11.6 Å². The van der Waals surface area contributed by atoms with Gasteiger partial charge in [0.15, 0.2) is 11.5 Å². The molecule has 0 aliphatic heterocycles. The molecule has 2 aromatic rings. The van der Waals surface area contributed by atoms with Gasteiger partial charge in [0.2, 0.25) is 0 Å². The van der Waals surface area contributed by atoms with E-state index >= 15 is 0 Å². The molecular weight excluding hydrogens is 282 g/mol. The van der Waals surface area contributed by atoms with Crippen LogP contribution in [-0.4, -0.2) is 29.2 Å². The van der Waals surface area contributed by atoms with Crippen molar-refractivity contribution in [3.8, 4) is 11.5 Å². The number of hydrogen-bond acceptors (Lipinski definition) is 6. The van der Waals surface area contributed by atoms with E-state index in [0.29, 0.717) is 16.5 Å². The highest BCUT2D eigenvalue weighted by atomic mass is 35.5. The maximum atomic E-state index is 6.20. The standard InChI is InChI=1S/C12H16ClN5O2/c1-18-9(6-15-17-18)11(16-14)7-4-8(13)12(20-3)10(5-7)19-2/h4-6,11,16H,14H2,1-3H3. The van der Waals surface area contributed by atoms with Crippen molar-refractivity contribution in [2.45, 2.75) is 6.04 Å². The summed E-state index contributed by atoms with van der Waals surface area (Å²) in [7, 11) is 4.87. The Kier molecular flexibility index (Phi) is 4.43. The Morgan fingerprint density at radius 1 is 1.35 bits per heavy atom. The number of nitrogens with one attached hydrogen (secondary N) is 1. The second-order valence-electron chi connectivity index (χ2n) is 4.12. The van der Waals surface area contributed by atoms with Gasteiger partial charge in [-0.1, -0.05) is 16.8 Å². The second kappa shape index (κ2) is 6.08. The van der Waals surface area contributed by atoms with Crippen molar-refractivity contribution in [3.63, 3.8) is 0 Å². The number of nitrogens with zero attached hydrogens (tertiary/aromatic N) is 3. The quantitative estimate of drug-likeness (QED) is 0.633. The molecule has 0 radical (unpaired) electrons. The molecule has 108 valence electrons. The van der Waals surface area contributed by atoms with E-state index in [1.54, 1.807) is 31.1 Å². The van der Waals surface area contributed by atoms with Crippen molar-refractivity contribution >= 4 is 11.6 Å². The highest BCUT2D eigenvalue weighted by Crippen LogP contribution is 2.38. The second-order valence-corrected chi connectivity index (χ2v) is 4.53. The molecule has 0 spiro atoms. The first-order valence-electron chi connectivity index (χ1n) is 5.84. The van der Waals surface area contributed by atoms with Crippen molar-refractivity contribution in [2.24, 2.45) is 12.9 Å². The number of aryl methyl sites for hydroxylation is 1. The van der Waals surface area contributed by atoms with Crippen LogP contribution in [0.2, 0.25) is 5.02 Å². The summed E-state index contributed by atoms with van der Waals surface area (Å²) in [6, 6.07) is 3.26. The predicted molar refractivity (Wildman–Crippen MR) is 74.7 cm³/mol. The van der Waals surface area contributed by atoms with Crippen molar-refractivity contribution in [1.29, 1.82) is 0 Å². The summed E-state index contributed by atoms with van der Waals surface area (Å²) >= 11 is 6.20. The van der Waals surface area contributed by atoms with Crippen LogP contribution in [0, 0.1) is 0 Å². The lowest BCUT2D eigenvalue weighted by Gasteiger charge is -2.18. The monoisotopic (exact) mass is 297 g/mol. The van der Waals surface area contributed by atoms with Gasteiger partial charge < -0.3 is 9.47 Å². The third kappa shape index (κ3) is 2.55. The Labute approximate surface area is 121 Å². The van der Waals surface area contributed by atoms with Crippen LogP contribution in [0.1, 0.15) is 17.3 Å². The van der Waals surface area contributed by atoms with Gasteiger partial charge in [-0.05, 0) is 17.7 Å². The van der Waals surface area contributed by atoms with Gasteiger partial charge in [-0.15, -0.1) is 5.10 Å².